The summed E-state index contributed by atoms with van der Waals surface area (Å²) in [5.74, 6) is 0.250. The number of carbonyl (C=O) groups excluding carboxylic acids is 1. The van der Waals surface area contributed by atoms with Crippen LogP contribution in [0.25, 0.3) is 0 Å². The van der Waals surface area contributed by atoms with Gasteiger partial charge in [-0.1, -0.05) is 6.92 Å². The van der Waals surface area contributed by atoms with Crippen molar-refractivity contribution >= 4 is 17.2 Å². The molecule has 0 N–H and O–H groups in total. The molecule has 4 aliphatic rings. The third-order valence-electron chi connectivity index (χ3n) is 7.53. The van der Waals surface area contributed by atoms with Crippen molar-refractivity contribution in [2.75, 3.05) is 45.9 Å². The molecule has 1 aromatic rings. The molecule has 0 unspecified atom stereocenters. The Balaban J connectivity index is 1.38. The van der Waals surface area contributed by atoms with Crippen LogP contribution in [-0.4, -0.2) is 78.6 Å². The van der Waals surface area contributed by atoms with Gasteiger partial charge in [-0.2, -0.15) is 0 Å². The molecular formula is C22H33N3O2S. The summed E-state index contributed by atoms with van der Waals surface area (Å²) < 4.78 is 6.39. The first-order valence-electron chi connectivity index (χ1n) is 11.1. The van der Waals surface area contributed by atoms with Gasteiger partial charge < -0.3 is 14.5 Å². The van der Waals surface area contributed by atoms with Crippen LogP contribution in [0, 0.1) is 0 Å². The average molecular weight is 404 g/mol. The second kappa shape index (κ2) is 7.38. The molecule has 2 atom stereocenters. The van der Waals surface area contributed by atoms with E-state index in [1.807, 2.05) is 0 Å². The number of rotatable bonds is 2. The van der Waals surface area contributed by atoms with Crippen molar-refractivity contribution in [1.29, 1.82) is 0 Å². The number of hydrogen-bond donors (Lipinski definition) is 0. The number of thiophene rings is 1. The third kappa shape index (κ3) is 3.13. The van der Waals surface area contributed by atoms with Gasteiger partial charge in [0.1, 0.15) is 0 Å². The zero-order chi connectivity index (χ0) is 19.3. The predicted molar refractivity (Wildman–Crippen MR) is 112 cm³/mol. The molecule has 4 aliphatic heterocycles. The van der Waals surface area contributed by atoms with E-state index in [-0.39, 0.29) is 11.5 Å². The van der Waals surface area contributed by atoms with Gasteiger partial charge in [0.05, 0.1) is 17.1 Å². The molecule has 1 aromatic heterocycles. The van der Waals surface area contributed by atoms with Crippen molar-refractivity contribution in [3.63, 3.8) is 0 Å². The molecule has 0 aliphatic carbocycles. The Kier molecular flexibility index (Phi) is 5.02. The maximum atomic E-state index is 13.5. The van der Waals surface area contributed by atoms with Gasteiger partial charge in [-0.15, -0.1) is 11.3 Å². The van der Waals surface area contributed by atoms with E-state index in [1.165, 1.54) is 29.8 Å². The first kappa shape index (κ1) is 19.0. The van der Waals surface area contributed by atoms with Crippen molar-refractivity contribution in [1.82, 2.24) is 14.7 Å². The lowest BCUT2D eigenvalue weighted by Gasteiger charge is -2.43. The van der Waals surface area contributed by atoms with Crippen LogP contribution in [0.2, 0.25) is 0 Å². The van der Waals surface area contributed by atoms with Crippen molar-refractivity contribution < 1.29 is 9.53 Å². The number of carbonyl (C=O) groups is 1. The van der Waals surface area contributed by atoms with Gasteiger partial charge in [-0.05, 0) is 57.3 Å². The van der Waals surface area contributed by atoms with E-state index in [9.17, 15) is 4.79 Å². The van der Waals surface area contributed by atoms with Crippen molar-refractivity contribution in [3.05, 3.63) is 21.4 Å². The standard InChI is InChI=1S/C22H33N3O2S/c1-3-23-10-7-22(8-11-23)18-13-20(28-19(18)6-12-27-22)21(26)25-15-17-5-4-9-24(17)14-16(25)2/h13,16-17H,3-12,14-15H2,1-2H3/t16-,17+/m1/s1. The van der Waals surface area contributed by atoms with Crippen LogP contribution < -0.4 is 0 Å². The van der Waals surface area contributed by atoms with E-state index in [2.05, 4.69) is 34.6 Å². The Hall–Kier alpha value is -0.950. The fourth-order valence-corrected chi connectivity index (χ4v) is 6.97. The normalized spacial score (nSPS) is 30.4. The minimum absolute atomic E-state index is 0.149. The fourth-order valence-electron chi connectivity index (χ4n) is 5.78. The Bertz CT molecular complexity index is 740. The Morgan fingerprint density at radius 1 is 1.29 bits per heavy atom. The average Bonchev–Trinajstić information content (AvgIpc) is 3.35. The summed E-state index contributed by atoms with van der Waals surface area (Å²) in [6, 6.07) is 3.08. The summed E-state index contributed by atoms with van der Waals surface area (Å²) in [5, 5.41) is 0. The Labute approximate surface area is 172 Å². The largest absolute Gasteiger partial charge is 0.370 e. The van der Waals surface area contributed by atoms with Crippen LogP contribution in [0.4, 0.5) is 0 Å². The maximum Gasteiger partial charge on any atom is 0.264 e. The van der Waals surface area contributed by atoms with Crippen LogP contribution in [0.15, 0.2) is 6.07 Å². The Morgan fingerprint density at radius 2 is 2.11 bits per heavy atom. The van der Waals surface area contributed by atoms with Gasteiger partial charge in [0.25, 0.3) is 5.91 Å². The lowest BCUT2D eigenvalue weighted by molar-refractivity contribution is -0.0964. The molecule has 6 heteroatoms. The van der Waals surface area contributed by atoms with Crippen LogP contribution in [0.5, 0.6) is 0 Å². The Morgan fingerprint density at radius 3 is 2.89 bits per heavy atom. The lowest BCUT2D eigenvalue weighted by atomic mass is 9.82. The quantitative estimate of drug-likeness (QED) is 0.761. The lowest BCUT2D eigenvalue weighted by Crippen LogP contribution is -2.56. The summed E-state index contributed by atoms with van der Waals surface area (Å²) in [6.45, 7) is 11.7. The number of likely N-dealkylation sites (tertiary alicyclic amines) is 1. The van der Waals surface area contributed by atoms with Crippen LogP contribution in [-0.2, 0) is 16.8 Å². The zero-order valence-corrected chi connectivity index (χ0v) is 18.1. The molecule has 1 spiro atoms. The van der Waals surface area contributed by atoms with Gasteiger partial charge in [0.15, 0.2) is 0 Å². The fraction of sp³-hybridized carbons (Fsp3) is 0.773. The van der Waals surface area contributed by atoms with Crippen LogP contribution in [0.3, 0.4) is 0 Å². The number of nitrogens with zero attached hydrogens (tertiary/aromatic N) is 3. The molecule has 5 heterocycles. The number of ether oxygens (including phenoxy) is 1. The number of amides is 1. The van der Waals surface area contributed by atoms with Crippen molar-refractivity contribution in [3.8, 4) is 0 Å². The minimum atomic E-state index is -0.149. The molecule has 3 fully saturated rings. The molecule has 5 nitrogen and oxygen atoms in total. The topological polar surface area (TPSA) is 36.0 Å². The molecule has 3 saturated heterocycles. The van der Waals surface area contributed by atoms with E-state index in [0.717, 1.165) is 63.5 Å². The molecule has 28 heavy (non-hydrogen) atoms. The summed E-state index contributed by atoms with van der Waals surface area (Å²) >= 11 is 1.74. The first-order chi connectivity index (χ1) is 13.6. The second-order valence-corrected chi connectivity index (χ2v) is 10.2. The first-order valence-corrected chi connectivity index (χ1v) is 12.0. The molecule has 154 valence electrons. The molecule has 0 saturated carbocycles. The van der Waals surface area contributed by atoms with E-state index >= 15 is 0 Å². The van der Waals surface area contributed by atoms with Gasteiger partial charge in [0.2, 0.25) is 0 Å². The highest BCUT2D eigenvalue weighted by Crippen LogP contribution is 2.45. The summed E-state index contributed by atoms with van der Waals surface area (Å²) in [5.41, 5.74) is 1.18. The number of fused-ring (bicyclic) bond motifs is 3. The molecule has 0 aromatic carbocycles. The van der Waals surface area contributed by atoms with E-state index in [1.54, 1.807) is 11.3 Å². The minimum Gasteiger partial charge on any atom is -0.370 e. The zero-order valence-electron chi connectivity index (χ0n) is 17.3. The number of piperazine rings is 1. The molecule has 0 bridgehead atoms. The second-order valence-electron chi connectivity index (χ2n) is 9.07. The molecule has 0 radical (unpaired) electrons. The van der Waals surface area contributed by atoms with Crippen LogP contribution in [0.1, 0.15) is 59.6 Å². The molecular weight excluding hydrogens is 370 g/mol. The summed E-state index contributed by atoms with van der Waals surface area (Å²) in [6.07, 6.45) is 5.58. The number of piperidine rings is 1. The monoisotopic (exact) mass is 403 g/mol. The third-order valence-corrected chi connectivity index (χ3v) is 8.71. The van der Waals surface area contributed by atoms with Crippen LogP contribution >= 0.6 is 11.3 Å². The number of hydrogen-bond acceptors (Lipinski definition) is 5. The van der Waals surface area contributed by atoms with Crippen molar-refractivity contribution in [2.45, 2.75) is 63.6 Å². The predicted octanol–water partition coefficient (Wildman–Crippen LogP) is 2.94. The van der Waals surface area contributed by atoms with Gasteiger partial charge >= 0.3 is 0 Å². The smallest absolute Gasteiger partial charge is 0.264 e. The van der Waals surface area contributed by atoms with Crippen molar-refractivity contribution in [2.24, 2.45) is 0 Å². The molecule has 5 rings (SSSR count). The highest BCUT2D eigenvalue weighted by Gasteiger charge is 2.43. The van der Waals surface area contributed by atoms with E-state index in [0.29, 0.717) is 12.1 Å². The van der Waals surface area contributed by atoms with Gasteiger partial charge in [0, 0.05) is 49.6 Å². The van der Waals surface area contributed by atoms with E-state index in [4.69, 9.17) is 4.74 Å². The highest BCUT2D eigenvalue weighted by molar-refractivity contribution is 7.14. The van der Waals surface area contributed by atoms with Gasteiger partial charge in [-0.3, -0.25) is 9.69 Å². The van der Waals surface area contributed by atoms with E-state index < -0.39 is 0 Å². The van der Waals surface area contributed by atoms with Gasteiger partial charge in [-0.25, -0.2) is 0 Å². The molecule has 1 amide bonds. The highest BCUT2D eigenvalue weighted by atomic mass is 32.1. The summed E-state index contributed by atoms with van der Waals surface area (Å²) in [7, 11) is 0. The summed E-state index contributed by atoms with van der Waals surface area (Å²) in [4.78, 5) is 23.0. The SMILES string of the molecule is CCN1CCC2(CC1)OCCc1sc(C(=O)N3C[C@@H]4CCCN4C[C@H]3C)cc12. The maximum absolute atomic E-state index is 13.5.